The van der Waals surface area contributed by atoms with Crippen LogP contribution >= 0.6 is 0 Å². The van der Waals surface area contributed by atoms with Crippen molar-refractivity contribution in [3.05, 3.63) is 24.0 Å². The second-order valence-electron chi connectivity index (χ2n) is 5.52. The van der Waals surface area contributed by atoms with Crippen LogP contribution in [0.4, 0.5) is 5.69 Å². The van der Waals surface area contributed by atoms with Crippen LogP contribution in [0.5, 0.6) is 0 Å². The maximum Gasteiger partial charge on any atom is 0.270 e. The maximum atomic E-state index is 12.0. The topological polar surface area (TPSA) is 54.0 Å². The van der Waals surface area contributed by atoms with Gasteiger partial charge in [0, 0.05) is 12.6 Å². The van der Waals surface area contributed by atoms with Gasteiger partial charge in [-0.1, -0.05) is 20.8 Å². The zero-order chi connectivity index (χ0) is 13.8. The van der Waals surface area contributed by atoms with Crippen molar-refractivity contribution in [2.45, 2.75) is 40.7 Å². The van der Waals surface area contributed by atoms with Gasteiger partial charge >= 0.3 is 0 Å². The summed E-state index contributed by atoms with van der Waals surface area (Å²) >= 11 is 0. The Morgan fingerprint density at radius 3 is 2.50 bits per heavy atom. The van der Waals surface area contributed by atoms with Crippen LogP contribution in [0.25, 0.3) is 0 Å². The van der Waals surface area contributed by atoms with Gasteiger partial charge in [-0.3, -0.25) is 4.79 Å². The third kappa shape index (κ3) is 4.02. The van der Waals surface area contributed by atoms with Crippen LogP contribution in [0.2, 0.25) is 0 Å². The smallest absolute Gasteiger partial charge is 0.270 e. The Morgan fingerprint density at radius 1 is 1.39 bits per heavy atom. The molecule has 0 aliphatic heterocycles. The molecule has 100 valence electrons. The summed E-state index contributed by atoms with van der Waals surface area (Å²) in [4.78, 5) is 16.1. The van der Waals surface area contributed by atoms with E-state index >= 15 is 0 Å². The second-order valence-corrected chi connectivity index (χ2v) is 5.52. The Balaban J connectivity index is 2.67. The SMILES string of the molecule is CCNc1ccc(C(=O)NC(C)C(C)(C)C)nc1. The van der Waals surface area contributed by atoms with Crippen LogP contribution in [0, 0.1) is 5.41 Å². The molecule has 4 nitrogen and oxygen atoms in total. The highest BCUT2D eigenvalue weighted by Gasteiger charge is 2.22. The molecule has 0 bridgehead atoms. The number of amides is 1. The Labute approximate surface area is 109 Å². The molecule has 0 aliphatic carbocycles. The Hall–Kier alpha value is -1.58. The number of rotatable bonds is 4. The van der Waals surface area contributed by atoms with Crippen molar-refractivity contribution in [2.24, 2.45) is 5.41 Å². The molecule has 0 spiro atoms. The molecule has 4 heteroatoms. The molecule has 0 aromatic carbocycles. The Kier molecular flexibility index (Phi) is 4.70. The first kappa shape index (κ1) is 14.5. The van der Waals surface area contributed by atoms with Crippen LogP contribution in [-0.2, 0) is 0 Å². The molecule has 2 N–H and O–H groups in total. The normalized spacial score (nSPS) is 12.9. The van der Waals surface area contributed by atoms with E-state index in [2.05, 4.69) is 36.4 Å². The molecule has 1 heterocycles. The van der Waals surface area contributed by atoms with E-state index in [1.54, 1.807) is 12.3 Å². The van der Waals surface area contributed by atoms with E-state index in [-0.39, 0.29) is 17.4 Å². The highest BCUT2D eigenvalue weighted by atomic mass is 16.1. The van der Waals surface area contributed by atoms with E-state index in [0.29, 0.717) is 5.69 Å². The molecule has 0 saturated heterocycles. The molecular formula is C14H23N3O. The summed E-state index contributed by atoms with van der Waals surface area (Å²) in [5.41, 5.74) is 1.42. The summed E-state index contributed by atoms with van der Waals surface area (Å²) < 4.78 is 0. The van der Waals surface area contributed by atoms with Gasteiger partial charge in [0.15, 0.2) is 0 Å². The summed E-state index contributed by atoms with van der Waals surface area (Å²) in [5, 5.41) is 6.11. The van der Waals surface area contributed by atoms with Gasteiger partial charge in [0.05, 0.1) is 11.9 Å². The number of nitrogens with zero attached hydrogens (tertiary/aromatic N) is 1. The predicted molar refractivity (Wildman–Crippen MR) is 74.8 cm³/mol. The van der Waals surface area contributed by atoms with E-state index < -0.39 is 0 Å². The van der Waals surface area contributed by atoms with Crippen molar-refractivity contribution in [3.8, 4) is 0 Å². The minimum Gasteiger partial charge on any atom is -0.384 e. The number of hydrogen-bond donors (Lipinski definition) is 2. The molecular weight excluding hydrogens is 226 g/mol. The second kappa shape index (κ2) is 5.85. The van der Waals surface area contributed by atoms with Crippen molar-refractivity contribution in [3.63, 3.8) is 0 Å². The number of pyridine rings is 1. The predicted octanol–water partition coefficient (Wildman–Crippen LogP) is 2.68. The van der Waals surface area contributed by atoms with Crippen LogP contribution in [0.3, 0.4) is 0 Å². The monoisotopic (exact) mass is 249 g/mol. The molecule has 0 aliphatic rings. The summed E-state index contributed by atoms with van der Waals surface area (Å²) in [6.45, 7) is 11.2. The van der Waals surface area contributed by atoms with Gasteiger partial charge in [-0.15, -0.1) is 0 Å². The molecule has 0 fully saturated rings. The zero-order valence-electron chi connectivity index (χ0n) is 11.9. The fourth-order valence-corrected chi connectivity index (χ4v) is 1.32. The van der Waals surface area contributed by atoms with Crippen molar-refractivity contribution in [2.75, 3.05) is 11.9 Å². The molecule has 1 atom stereocenters. The number of nitrogens with one attached hydrogen (secondary N) is 2. The van der Waals surface area contributed by atoms with E-state index in [1.807, 2.05) is 19.9 Å². The van der Waals surface area contributed by atoms with Crippen LogP contribution < -0.4 is 10.6 Å². The summed E-state index contributed by atoms with van der Waals surface area (Å²) in [6, 6.07) is 3.70. The lowest BCUT2D eigenvalue weighted by Gasteiger charge is -2.27. The van der Waals surface area contributed by atoms with Crippen LogP contribution in [0.15, 0.2) is 18.3 Å². The highest BCUT2D eigenvalue weighted by Crippen LogP contribution is 2.18. The maximum absolute atomic E-state index is 12.0. The Morgan fingerprint density at radius 2 is 2.06 bits per heavy atom. The van der Waals surface area contributed by atoms with Crippen LogP contribution in [-0.4, -0.2) is 23.5 Å². The fourth-order valence-electron chi connectivity index (χ4n) is 1.32. The molecule has 1 aromatic heterocycles. The average molecular weight is 249 g/mol. The van der Waals surface area contributed by atoms with Crippen LogP contribution in [0.1, 0.15) is 45.1 Å². The lowest BCUT2D eigenvalue weighted by atomic mass is 9.88. The molecule has 18 heavy (non-hydrogen) atoms. The van der Waals surface area contributed by atoms with Gasteiger partial charge in [0.1, 0.15) is 5.69 Å². The first-order chi connectivity index (χ1) is 8.34. The molecule has 1 unspecified atom stereocenters. The fraction of sp³-hybridized carbons (Fsp3) is 0.571. The largest absolute Gasteiger partial charge is 0.384 e. The summed E-state index contributed by atoms with van der Waals surface area (Å²) in [5.74, 6) is -0.125. The first-order valence-electron chi connectivity index (χ1n) is 6.35. The Bertz CT molecular complexity index is 392. The lowest BCUT2D eigenvalue weighted by molar-refractivity contribution is 0.0905. The van der Waals surface area contributed by atoms with Gasteiger partial charge in [-0.25, -0.2) is 4.98 Å². The van der Waals surface area contributed by atoms with E-state index in [0.717, 1.165) is 12.2 Å². The van der Waals surface area contributed by atoms with Gasteiger partial charge in [0.2, 0.25) is 0 Å². The molecule has 1 rings (SSSR count). The molecule has 1 aromatic rings. The number of aromatic nitrogens is 1. The van der Waals surface area contributed by atoms with Crippen molar-refractivity contribution >= 4 is 11.6 Å². The third-order valence-corrected chi connectivity index (χ3v) is 3.02. The van der Waals surface area contributed by atoms with E-state index in [9.17, 15) is 4.79 Å². The van der Waals surface area contributed by atoms with Gasteiger partial charge < -0.3 is 10.6 Å². The number of carbonyl (C=O) groups excluding carboxylic acids is 1. The molecule has 0 saturated carbocycles. The number of carbonyl (C=O) groups is 1. The average Bonchev–Trinajstić information content (AvgIpc) is 2.29. The van der Waals surface area contributed by atoms with E-state index in [4.69, 9.17) is 0 Å². The minimum atomic E-state index is -0.125. The third-order valence-electron chi connectivity index (χ3n) is 3.02. The number of hydrogen-bond acceptors (Lipinski definition) is 3. The van der Waals surface area contributed by atoms with Gasteiger partial charge in [-0.2, -0.15) is 0 Å². The quantitative estimate of drug-likeness (QED) is 0.862. The van der Waals surface area contributed by atoms with Crippen molar-refractivity contribution < 1.29 is 4.79 Å². The summed E-state index contributed by atoms with van der Waals surface area (Å²) in [7, 11) is 0. The summed E-state index contributed by atoms with van der Waals surface area (Å²) in [6.07, 6.45) is 1.68. The highest BCUT2D eigenvalue weighted by molar-refractivity contribution is 5.92. The van der Waals surface area contributed by atoms with Crippen molar-refractivity contribution in [1.82, 2.24) is 10.3 Å². The van der Waals surface area contributed by atoms with Crippen molar-refractivity contribution in [1.29, 1.82) is 0 Å². The molecule has 0 radical (unpaired) electrons. The van der Waals surface area contributed by atoms with Gasteiger partial charge in [-0.05, 0) is 31.4 Å². The first-order valence-corrected chi connectivity index (χ1v) is 6.35. The van der Waals surface area contributed by atoms with E-state index in [1.165, 1.54) is 0 Å². The molecule has 1 amide bonds. The minimum absolute atomic E-state index is 0.0410. The zero-order valence-corrected chi connectivity index (χ0v) is 11.9. The number of anilines is 1. The lowest BCUT2D eigenvalue weighted by Crippen LogP contribution is -2.41. The standard InChI is InChI=1S/C14H23N3O/c1-6-15-11-7-8-12(16-9-11)13(18)17-10(2)14(3,4)5/h7-10,15H,6H2,1-5H3,(H,17,18). The van der Waals surface area contributed by atoms with Gasteiger partial charge in [0.25, 0.3) is 5.91 Å².